The molecule has 7 nitrogen and oxygen atoms in total. The van der Waals surface area contributed by atoms with Crippen LogP contribution in [0.15, 0.2) is 15.5 Å². The van der Waals surface area contributed by atoms with Gasteiger partial charge in [-0.15, -0.1) is 0 Å². The van der Waals surface area contributed by atoms with E-state index in [1.807, 2.05) is 0 Å². The largest absolute Gasteiger partial charge is 0.394 e. The van der Waals surface area contributed by atoms with Gasteiger partial charge in [-0.1, -0.05) is 0 Å². The zero-order chi connectivity index (χ0) is 13.5. The minimum atomic E-state index is -0.665. The van der Waals surface area contributed by atoms with Crippen molar-refractivity contribution in [3.05, 3.63) is 21.0 Å². The van der Waals surface area contributed by atoms with Crippen LogP contribution in [0.2, 0.25) is 0 Å². The van der Waals surface area contributed by atoms with Gasteiger partial charge in [-0.3, -0.25) is 4.79 Å². The summed E-state index contributed by atoms with van der Waals surface area (Å²) < 4.78 is 6.26. The van der Waals surface area contributed by atoms with Crippen LogP contribution < -0.4 is 10.9 Å². The van der Waals surface area contributed by atoms with Gasteiger partial charge in [-0.2, -0.15) is 5.10 Å². The van der Waals surface area contributed by atoms with Gasteiger partial charge in [-0.25, -0.2) is 4.68 Å². The Morgan fingerprint density at radius 2 is 2.39 bits per heavy atom. The second kappa shape index (κ2) is 7.47. The minimum absolute atomic E-state index is 0.143. The van der Waals surface area contributed by atoms with Gasteiger partial charge in [0, 0.05) is 13.7 Å². The molecule has 1 atom stereocenters. The van der Waals surface area contributed by atoms with Crippen molar-refractivity contribution in [3.63, 3.8) is 0 Å². The Bertz CT molecular complexity index is 438. The normalized spacial score (nSPS) is 12.4. The van der Waals surface area contributed by atoms with E-state index in [9.17, 15) is 9.90 Å². The summed E-state index contributed by atoms with van der Waals surface area (Å²) in [5.41, 5.74) is 0.152. The molecule has 0 aliphatic heterocycles. The highest BCUT2D eigenvalue weighted by atomic mass is 79.9. The third kappa shape index (κ3) is 4.05. The monoisotopic (exact) mass is 321 g/mol. The van der Waals surface area contributed by atoms with Gasteiger partial charge in [0.05, 0.1) is 37.7 Å². The van der Waals surface area contributed by atoms with E-state index in [2.05, 4.69) is 26.3 Å². The molecule has 0 spiro atoms. The van der Waals surface area contributed by atoms with Crippen molar-refractivity contribution in [1.29, 1.82) is 0 Å². The third-order valence-electron chi connectivity index (χ3n) is 2.18. The lowest BCUT2D eigenvalue weighted by Crippen LogP contribution is -2.28. The van der Waals surface area contributed by atoms with Crippen LogP contribution in [0.25, 0.3) is 0 Å². The molecule has 1 unspecified atom stereocenters. The Morgan fingerprint density at radius 1 is 1.67 bits per heavy atom. The number of rotatable bonds is 7. The maximum atomic E-state index is 11.8. The quantitative estimate of drug-likeness (QED) is 0.621. The Kier molecular flexibility index (Phi) is 6.27. The summed E-state index contributed by atoms with van der Waals surface area (Å²) in [5, 5.41) is 25.0. The van der Waals surface area contributed by atoms with Gasteiger partial charge >= 0.3 is 0 Å². The van der Waals surface area contributed by atoms with E-state index in [-0.39, 0.29) is 31.9 Å². The first-order chi connectivity index (χ1) is 8.60. The van der Waals surface area contributed by atoms with Gasteiger partial charge in [-0.05, 0) is 15.9 Å². The Balaban J connectivity index is 2.73. The number of methoxy groups -OCH3 is 1. The second-order valence-electron chi connectivity index (χ2n) is 3.61. The molecule has 0 aliphatic carbocycles. The average molecular weight is 322 g/mol. The van der Waals surface area contributed by atoms with Crippen molar-refractivity contribution in [1.82, 2.24) is 9.78 Å². The van der Waals surface area contributed by atoms with Gasteiger partial charge in [0.15, 0.2) is 0 Å². The lowest BCUT2D eigenvalue weighted by atomic mass is 10.3. The van der Waals surface area contributed by atoms with Gasteiger partial charge < -0.3 is 20.3 Å². The first-order valence-corrected chi connectivity index (χ1v) is 6.16. The summed E-state index contributed by atoms with van der Waals surface area (Å²) in [4.78, 5) is 11.8. The molecule has 1 rings (SSSR count). The van der Waals surface area contributed by atoms with E-state index in [0.717, 1.165) is 4.68 Å². The van der Waals surface area contributed by atoms with E-state index >= 15 is 0 Å². The Labute approximate surface area is 113 Å². The molecule has 0 saturated carbocycles. The molecule has 0 aromatic carbocycles. The number of aliphatic hydroxyl groups is 2. The molecule has 1 heterocycles. The molecule has 18 heavy (non-hydrogen) atoms. The molecule has 0 amide bonds. The highest BCUT2D eigenvalue weighted by Crippen LogP contribution is 2.15. The number of anilines is 1. The fraction of sp³-hybridized carbons (Fsp3) is 0.600. The highest BCUT2D eigenvalue weighted by Gasteiger charge is 2.10. The van der Waals surface area contributed by atoms with Gasteiger partial charge in [0.2, 0.25) is 0 Å². The standard InChI is InChI=1S/C10H16BrN3O4/c1-18-6-7(16)4-12-8-5-13-14(2-3-15)10(17)9(8)11/h5,7,12,15-16H,2-4,6H2,1H3. The number of aliphatic hydroxyl groups excluding tert-OH is 2. The van der Waals surface area contributed by atoms with Crippen molar-refractivity contribution in [2.75, 3.05) is 32.2 Å². The van der Waals surface area contributed by atoms with Crippen molar-refractivity contribution >= 4 is 21.6 Å². The van der Waals surface area contributed by atoms with Gasteiger partial charge in [0.1, 0.15) is 4.47 Å². The first-order valence-electron chi connectivity index (χ1n) is 5.37. The summed E-state index contributed by atoms with van der Waals surface area (Å²) in [5.74, 6) is 0. The van der Waals surface area contributed by atoms with E-state index in [0.29, 0.717) is 10.2 Å². The number of aromatic nitrogens is 2. The summed E-state index contributed by atoms with van der Waals surface area (Å²) in [6.07, 6.45) is 0.794. The fourth-order valence-corrected chi connectivity index (χ4v) is 1.77. The predicted molar refractivity (Wildman–Crippen MR) is 69.7 cm³/mol. The number of nitrogens with one attached hydrogen (secondary N) is 1. The smallest absolute Gasteiger partial charge is 0.283 e. The van der Waals surface area contributed by atoms with Crippen molar-refractivity contribution in [2.45, 2.75) is 12.6 Å². The van der Waals surface area contributed by atoms with Crippen LogP contribution in [0.1, 0.15) is 0 Å². The maximum absolute atomic E-state index is 11.8. The molecule has 0 fully saturated rings. The predicted octanol–water partition coefficient (Wildman–Crippen LogP) is -0.583. The molecule has 1 aromatic rings. The molecular weight excluding hydrogens is 306 g/mol. The molecule has 8 heteroatoms. The lowest BCUT2D eigenvalue weighted by Gasteiger charge is -2.13. The molecular formula is C10H16BrN3O4. The molecule has 102 valence electrons. The van der Waals surface area contributed by atoms with Crippen LogP contribution in [-0.4, -0.2) is 53.0 Å². The molecule has 0 aliphatic rings. The van der Waals surface area contributed by atoms with Crippen LogP contribution in [0.5, 0.6) is 0 Å². The Hall–Kier alpha value is -0.960. The molecule has 0 saturated heterocycles. The maximum Gasteiger partial charge on any atom is 0.283 e. The molecule has 0 bridgehead atoms. The van der Waals surface area contributed by atoms with E-state index < -0.39 is 6.10 Å². The zero-order valence-corrected chi connectivity index (χ0v) is 11.6. The van der Waals surface area contributed by atoms with E-state index in [4.69, 9.17) is 9.84 Å². The zero-order valence-electron chi connectivity index (χ0n) is 9.97. The fourth-order valence-electron chi connectivity index (χ4n) is 1.32. The summed E-state index contributed by atoms with van der Waals surface area (Å²) in [6, 6.07) is 0. The van der Waals surface area contributed by atoms with Crippen molar-refractivity contribution in [3.8, 4) is 0 Å². The van der Waals surface area contributed by atoms with Crippen LogP contribution in [-0.2, 0) is 11.3 Å². The van der Waals surface area contributed by atoms with Crippen LogP contribution in [0.4, 0.5) is 5.69 Å². The summed E-state index contributed by atoms with van der Waals surface area (Å²) in [6.45, 7) is 0.444. The van der Waals surface area contributed by atoms with Gasteiger partial charge in [0.25, 0.3) is 5.56 Å². The van der Waals surface area contributed by atoms with Crippen LogP contribution in [0, 0.1) is 0 Å². The molecule has 3 N–H and O–H groups in total. The molecule has 1 aromatic heterocycles. The topological polar surface area (TPSA) is 96.6 Å². The lowest BCUT2D eigenvalue weighted by molar-refractivity contribution is 0.0727. The van der Waals surface area contributed by atoms with E-state index in [1.165, 1.54) is 13.3 Å². The minimum Gasteiger partial charge on any atom is -0.394 e. The number of hydrogen-bond acceptors (Lipinski definition) is 6. The average Bonchev–Trinajstić information content (AvgIpc) is 2.35. The summed E-state index contributed by atoms with van der Waals surface area (Å²) >= 11 is 3.16. The van der Waals surface area contributed by atoms with Crippen LogP contribution in [0.3, 0.4) is 0 Å². The van der Waals surface area contributed by atoms with Crippen LogP contribution >= 0.6 is 15.9 Å². The SMILES string of the molecule is COCC(O)CNc1cnn(CCO)c(=O)c1Br. The van der Waals surface area contributed by atoms with Crippen molar-refractivity contribution < 1.29 is 14.9 Å². The summed E-state index contributed by atoms with van der Waals surface area (Å²) in [7, 11) is 1.50. The highest BCUT2D eigenvalue weighted by molar-refractivity contribution is 9.10. The Morgan fingerprint density at radius 3 is 3.00 bits per heavy atom. The van der Waals surface area contributed by atoms with E-state index in [1.54, 1.807) is 0 Å². The molecule has 0 radical (unpaired) electrons. The number of hydrogen-bond donors (Lipinski definition) is 3. The number of halogens is 1. The number of nitrogens with zero attached hydrogens (tertiary/aromatic N) is 2. The van der Waals surface area contributed by atoms with Crippen molar-refractivity contribution in [2.24, 2.45) is 0 Å². The number of ether oxygens (including phenoxy) is 1. The first kappa shape index (κ1) is 15.1. The third-order valence-corrected chi connectivity index (χ3v) is 2.95. The second-order valence-corrected chi connectivity index (χ2v) is 4.41.